The van der Waals surface area contributed by atoms with Crippen LogP contribution in [-0.2, 0) is 38.0 Å². The van der Waals surface area contributed by atoms with Crippen molar-refractivity contribution in [1.82, 2.24) is 0 Å². The molecule has 15 heteroatoms. The molecular weight excluding hydrogens is 913 g/mol. The van der Waals surface area contributed by atoms with Crippen LogP contribution in [0.2, 0.25) is 0 Å². The third-order valence-corrected chi connectivity index (χ3v) is 12.4. The molecule has 2 saturated heterocycles. The number of allylic oxidation sites excluding steroid dienone is 12. The van der Waals surface area contributed by atoms with Gasteiger partial charge in [0.15, 0.2) is 18.7 Å². The van der Waals surface area contributed by atoms with E-state index in [0.29, 0.717) is 12.8 Å². The third kappa shape index (κ3) is 30.0. The van der Waals surface area contributed by atoms with Crippen LogP contribution in [0.4, 0.5) is 0 Å². The summed E-state index contributed by atoms with van der Waals surface area (Å²) in [4.78, 5) is 25.8. The van der Waals surface area contributed by atoms with Crippen molar-refractivity contribution in [3.63, 3.8) is 0 Å². The molecule has 0 aromatic rings. The first kappa shape index (κ1) is 64.1. The van der Waals surface area contributed by atoms with E-state index in [1.807, 2.05) is 0 Å². The predicted octanol–water partition coefficient (Wildman–Crippen LogP) is 8.21. The summed E-state index contributed by atoms with van der Waals surface area (Å²) in [6, 6.07) is 0. The number of esters is 2. The van der Waals surface area contributed by atoms with Gasteiger partial charge in [-0.15, -0.1) is 0 Å². The molecule has 2 aliphatic rings. The summed E-state index contributed by atoms with van der Waals surface area (Å²) in [5, 5.41) is 72.2. The van der Waals surface area contributed by atoms with Gasteiger partial charge >= 0.3 is 11.9 Å². The molecule has 0 amide bonds. The van der Waals surface area contributed by atoms with Gasteiger partial charge in [0.05, 0.1) is 19.8 Å². The lowest BCUT2D eigenvalue weighted by Gasteiger charge is -2.42. The fraction of sp³-hybridized carbons (Fsp3) is 0.750. The molecular formula is C56H94O15. The standard InChI is InChI=1S/C56H94O15/c1-3-5-7-9-11-13-15-17-19-21-23-24-26-28-30-32-34-36-38-47(58)66-41-44(69-48(59)39-37-35-33-31-29-27-25-22-20-18-16-14-12-10-8-6-4-2)42-67-55-54(65)52(63)50(61)46(71-55)43-68-56-53(64)51(62)49(60)45(40-57)70-56/h6,8,12-15,18-21,25,27,44-46,49-57,60-65H,3-5,7,9-11,16-17,22-24,26,28-43H2,1-2H3/b8-6-,14-12-,15-13-,20-18-,21-19-,27-25-. The Balaban J connectivity index is 1.81. The van der Waals surface area contributed by atoms with Crippen LogP contribution in [-0.4, -0.2) is 142 Å². The van der Waals surface area contributed by atoms with E-state index in [9.17, 15) is 45.3 Å². The minimum Gasteiger partial charge on any atom is -0.462 e. The molecule has 408 valence electrons. The molecule has 15 nitrogen and oxygen atoms in total. The maximum Gasteiger partial charge on any atom is 0.306 e. The Labute approximate surface area is 425 Å². The highest BCUT2D eigenvalue weighted by molar-refractivity contribution is 5.70. The van der Waals surface area contributed by atoms with Crippen molar-refractivity contribution >= 4 is 11.9 Å². The zero-order valence-corrected chi connectivity index (χ0v) is 43.2. The largest absolute Gasteiger partial charge is 0.462 e. The maximum atomic E-state index is 13.0. The normalized spacial score (nSPS) is 25.8. The van der Waals surface area contributed by atoms with Gasteiger partial charge in [0.2, 0.25) is 0 Å². The summed E-state index contributed by atoms with van der Waals surface area (Å²) < 4.78 is 33.6. The first-order valence-electron chi connectivity index (χ1n) is 27.0. The van der Waals surface area contributed by atoms with Crippen molar-refractivity contribution in [2.45, 2.75) is 242 Å². The summed E-state index contributed by atoms with van der Waals surface area (Å²) in [5.41, 5.74) is 0. The molecule has 2 heterocycles. The smallest absolute Gasteiger partial charge is 0.306 e. The number of hydrogen-bond donors (Lipinski definition) is 7. The first-order valence-corrected chi connectivity index (χ1v) is 27.0. The maximum absolute atomic E-state index is 13.0. The quantitative estimate of drug-likeness (QED) is 0.0174. The molecule has 2 rings (SSSR count). The highest BCUT2D eigenvalue weighted by atomic mass is 16.7. The van der Waals surface area contributed by atoms with E-state index < -0.39 is 99.3 Å². The number of carbonyl (C=O) groups excluding carboxylic acids is 2. The van der Waals surface area contributed by atoms with Gasteiger partial charge < -0.3 is 64.2 Å². The van der Waals surface area contributed by atoms with Gasteiger partial charge in [-0.2, -0.15) is 0 Å². The van der Waals surface area contributed by atoms with Crippen molar-refractivity contribution in [2.24, 2.45) is 0 Å². The Bertz CT molecular complexity index is 1510. The fourth-order valence-corrected chi connectivity index (χ4v) is 8.00. The number of unbranched alkanes of at least 4 members (excludes halogenated alkanes) is 15. The number of ether oxygens (including phenoxy) is 6. The number of hydrogen-bond acceptors (Lipinski definition) is 15. The van der Waals surface area contributed by atoms with Crippen LogP contribution >= 0.6 is 0 Å². The van der Waals surface area contributed by atoms with Crippen molar-refractivity contribution in [3.05, 3.63) is 72.9 Å². The lowest BCUT2D eigenvalue weighted by Crippen LogP contribution is -2.61. The van der Waals surface area contributed by atoms with E-state index in [-0.39, 0.29) is 19.4 Å². The van der Waals surface area contributed by atoms with Gasteiger partial charge in [-0.3, -0.25) is 9.59 Å². The van der Waals surface area contributed by atoms with Gasteiger partial charge in [0.25, 0.3) is 0 Å². The lowest BCUT2D eigenvalue weighted by atomic mass is 9.98. The third-order valence-electron chi connectivity index (χ3n) is 12.4. The van der Waals surface area contributed by atoms with Crippen LogP contribution in [0.15, 0.2) is 72.9 Å². The SMILES string of the molecule is CC/C=C\C/C=C\C/C=C\C/C=C\CCCCCCC(=O)OC(COC(=O)CCCCCCCCC/C=C\C/C=C\CCCCCC)COC1OC(COC2OC(CO)C(O)C(O)C2O)C(O)C(O)C1O. The lowest BCUT2D eigenvalue weighted by molar-refractivity contribution is -0.332. The highest BCUT2D eigenvalue weighted by Gasteiger charge is 2.47. The number of aliphatic hydroxyl groups excluding tert-OH is 7. The average Bonchev–Trinajstić information content (AvgIpc) is 3.36. The van der Waals surface area contributed by atoms with Crippen molar-refractivity contribution in [3.8, 4) is 0 Å². The highest BCUT2D eigenvalue weighted by Crippen LogP contribution is 2.26. The van der Waals surface area contributed by atoms with E-state index >= 15 is 0 Å². The van der Waals surface area contributed by atoms with Gasteiger partial charge in [-0.05, 0) is 83.5 Å². The van der Waals surface area contributed by atoms with Crippen LogP contribution < -0.4 is 0 Å². The Hall–Kier alpha value is -3.06. The Kier molecular flexibility index (Phi) is 38.2. The summed E-state index contributed by atoms with van der Waals surface area (Å²) in [6.07, 6.45) is 33.5. The van der Waals surface area contributed by atoms with Gasteiger partial charge in [-0.25, -0.2) is 0 Å². The minimum atomic E-state index is -1.77. The van der Waals surface area contributed by atoms with Crippen LogP contribution in [0.5, 0.6) is 0 Å². The molecule has 0 saturated carbocycles. The van der Waals surface area contributed by atoms with Crippen LogP contribution in [0.1, 0.15) is 174 Å². The van der Waals surface area contributed by atoms with E-state index in [1.54, 1.807) is 0 Å². The first-order chi connectivity index (χ1) is 34.5. The van der Waals surface area contributed by atoms with Gasteiger partial charge in [0, 0.05) is 12.8 Å². The Morgan fingerprint density at radius 3 is 1.39 bits per heavy atom. The molecule has 71 heavy (non-hydrogen) atoms. The summed E-state index contributed by atoms with van der Waals surface area (Å²) in [5.74, 6) is -0.966. The average molecular weight is 1010 g/mol. The van der Waals surface area contributed by atoms with Crippen LogP contribution in [0.3, 0.4) is 0 Å². The molecule has 0 bridgehead atoms. The molecule has 11 atom stereocenters. The predicted molar refractivity (Wildman–Crippen MR) is 275 cm³/mol. The zero-order chi connectivity index (χ0) is 51.7. The molecule has 7 N–H and O–H groups in total. The van der Waals surface area contributed by atoms with E-state index in [0.717, 1.165) is 89.9 Å². The number of aliphatic hydroxyl groups is 7. The minimum absolute atomic E-state index is 0.132. The number of carbonyl (C=O) groups is 2. The van der Waals surface area contributed by atoms with Gasteiger partial charge in [0.1, 0.15) is 55.4 Å². The van der Waals surface area contributed by atoms with Gasteiger partial charge in [-0.1, -0.05) is 151 Å². The van der Waals surface area contributed by atoms with E-state index in [1.165, 1.54) is 44.9 Å². The fourth-order valence-electron chi connectivity index (χ4n) is 8.00. The molecule has 0 aliphatic carbocycles. The second kappa shape index (κ2) is 42.3. The zero-order valence-electron chi connectivity index (χ0n) is 43.2. The molecule has 0 aromatic carbocycles. The van der Waals surface area contributed by atoms with E-state index in [2.05, 4.69) is 86.8 Å². The van der Waals surface area contributed by atoms with Crippen molar-refractivity contribution < 1.29 is 73.8 Å². The monoisotopic (exact) mass is 1010 g/mol. The Morgan fingerprint density at radius 1 is 0.465 bits per heavy atom. The topological polar surface area (TPSA) is 231 Å². The molecule has 0 spiro atoms. The molecule has 11 unspecified atom stereocenters. The molecule has 0 aromatic heterocycles. The van der Waals surface area contributed by atoms with Crippen molar-refractivity contribution in [2.75, 3.05) is 26.4 Å². The van der Waals surface area contributed by atoms with E-state index in [4.69, 9.17) is 28.4 Å². The second-order valence-electron chi connectivity index (χ2n) is 18.7. The Morgan fingerprint density at radius 2 is 0.887 bits per heavy atom. The van der Waals surface area contributed by atoms with Crippen LogP contribution in [0.25, 0.3) is 0 Å². The van der Waals surface area contributed by atoms with Crippen molar-refractivity contribution in [1.29, 1.82) is 0 Å². The number of rotatable bonds is 41. The van der Waals surface area contributed by atoms with Crippen LogP contribution in [0, 0.1) is 0 Å². The molecule has 0 radical (unpaired) electrons. The molecule has 2 aliphatic heterocycles. The second-order valence-corrected chi connectivity index (χ2v) is 18.7. The summed E-state index contributed by atoms with van der Waals surface area (Å²) in [6.45, 7) is 2.42. The summed E-state index contributed by atoms with van der Waals surface area (Å²) >= 11 is 0. The summed E-state index contributed by atoms with van der Waals surface area (Å²) in [7, 11) is 0. The molecule has 2 fully saturated rings.